The number of nitrogens with zero attached hydrogens (tertiary/aromatic N) is 4. The maximum absolute atomic E-state index is 14.4. The van der Waals surface area contributed by atoms with Gasteiger partial charge in [-0.15, -0.1) is 0 Å². The first-order valence-corrected chi connectivity index (χ1v) is 22.2. The highest BCUT2D eigenvalue weighted by Gasteiger charge is 2.43. The van der Waals surface area contributed by atoms with Gasteiger partial charge in [0.15, 0.2) is 0 Å². The number of amides is 3. The molecule has 0 saturated carbocycles. The molecule has 2 saturated heterocycles. The van der Waals surface area contributed by atoms with E-state index in [1.54, 1.807) is 7.11 Å². The summed E-state index contributed by atoms with van der Waals surface area (Å²) in [7, 11) is 4.33. The zero-order valence-corrected chi connectivity index (χ0v) is 37.5. The molecule has 2 aromatic heterocycles. The maximum atomic E-state index is 14.4. The molecule has 5 N–H and O–H groups in total. The number of hydrogen-bond acceptors (Lipinski definition) is 11. The Morgan fingerprint density at radius 3 is 2.51 bits per heavy atom. The molecule has 340 valence electrons. The fourth-order valence-electron chi connectivity index (χ4n) is 9.88. The van der Waals surface area contributed by atoms with Crippen molar-refractivity contribution in [2.45, 2.75) is 83.3 Å². The van der Waals surface area contributed by atoms with E-state index < -0.39 is 24.6 Å². The van der Waals surface area contributed by atoms with Crippen molar-refractivity contribution in [1.82, 2.24) is 40.4 Å². The van der Waals surface area contributed by atoms with E-state index in [9.17, 15) is 19.5 Å². The summed E-state index contributed by atoms with van der Waals surface area (Å²) in [6.45, 7) is 7.17. The first kappa shape index (κ1) is 43.9. The Balaban J connectivity index is 0.973. The zero-order valence-electron chi connectivity index (χ0n) is 37.5. The molecule has 16 nitrogen and oxygen atoms in total. The lowest BCUT2D eigenvalue weighted by Crippen LogP contribution is -2.52. The summed E-state index contributed by atoms with van der Waals surface area (Å²) in [5.74, 6) is 1.73. The number of aromatic amines is 2. The molecule has 1 unspecified atom stereocenters. The molecule has 65 heavy (non-hydrogen) atoms. The lowest BCUT2D eigenvalue weighted by atomic mass is 9.92. The molecule has 0 spiro atoms. The van der Waals surface area contributed by atoms with Gasteiger partial charge in [-0.2, -0.15) is 0 Å². The van der Waals surface area contributed by atoms with Crippen LogP contribution in [0.25, 0.3) is 44.2 Å². The van der Waals surface area contributed by atoms with E-state index in [-0.39, 0.29) is 41.8 Å². The van der Waals surface area contributed by atoms with E-state index in [1.807, 2.05) is 73.2 Å². The fourth-order valence-corrected chi connectivity index (χ4v) is 9.88. The van der Waals surface area contributed by atoms with Gasteiger partial charge < -0.3 is 49.1 Å². The summed E-state index contributed by atoms with van der Waals surface area (Å²) in [5.41, 5.74) is 7.21. The van der Waals surface area contributed by atoms with Crippen LogP contribution in [0.5, 0.6) is 5.75 Å². The molecule has 3 amide bonds. The maximum Gasteiger partial charge on any atom is 0.407 e. The van der Waals surface area contributed by atoms with E-state index in [2.05, 4.69) is 57.0 Å². The Bertz CT molecular complexity index is 2720. The number of likely N-dealkylation sites (tertiary alicyclic amines) is 2. The number of aliphatic hydroxyl groups excluding tert-OH is 1. The topological polar surface area (TPSA) is 196 Å². The van der Waals surface area contributed by atoms with Gasteiger partial charge in [0.25, 0.3) is 0 Å². The molecule has 0 aliphatic carbocycles. The predicted molar refractivity (Wildman–Crippen MR) is 243 cm³/mol. The van der Waals surface area contributed by atoms with Gasteiger partial charge in [0.1, 0.15) is 36.1 Å². The van der Waals surface area contributed by atoms with Crippen LogP contribution in [0.15, 0.2) is 79.0 Å². The predicted octanol–water partition coefficient (Wildman–Crippen LogP) is 6.89. The number of benzene rings is 4. The zero-order chi connectivity index (χ0) is 45.5. The molecule has 4 aromatic carbocycles. The molecular weight excluding hydrogens is 829 g/mol. The van der Waals surface area contributed by atoms with Crippen molar-refractivity contribution < 1.29 is 38.4 Å². The molecule has 2 fully saturated rings. The summed E-state index contributed by atoms with van der Waals surface area (Å²) in [6, 6.07) is 21.7. The second-order valence-electron chi connectivity index (χ2n) is 17.7. The van der Waals surface area contributed by atoms with Crippen LogP contribution in [0, 0.1) is 11.8 Å². The quantitative estimate of drug-likeness (QED) is 0.0758. The number of carbonyl (C=O) groups is 3. The largest absolute Gasteiger partial charge is 0.488 e. The molecule has 0 radical (unpaired) electrons. The number of nitrogens with one attached hydrogen (secondary N) is 4. The first-order chi connectivity index (χ1) is 31.5. The van der Waals surface area contributed by atoms with E-state index >= 15 is 0 Å². The van der Waals surface area contributed by atoms with Gasteiger partial charge in [0, 0.05) is 43.7 Å². The van der Waals surface area contributed by atoms with Crippen LogP contribution in [0.1, 0.15) is 80.9 Å². The Hall–Kier alpha value is -6.33. The molecule has 6 aromatic rings. The standard InChI is InChI=1S/C49H56N8O8/c1-26(2)41(54-48(60)63-5)47(59)57-27(3)12-17-38(57)45-51-36-16-14-30-20-35-33-15-13-31(19-32(33)25-65-40(35)21-34(30)43(36)53-45)37-22-50-44(52-37)39-18-28(24-62-4)23-56(39)46(58)42(55-49(61)64-6)29-10-8-7-9-11-29/h7-11,13-16,19-22,26-28,38-39,41-42,49,55,61H,12,17-18,23-25H2,1-6H3,(H,50,52)(H,51,53)(H,54,60)/t27-,28-,38-,39-,41-,42+,49?/m0/s1. The Labute approximate surface area is 377 Å². The number of rotatable bonds is 13. The third-order valence-corrected chi connectivity index (χ3v) is 13.2. The molecule has 0 bridgehead atoms. The van der Waals surface area contributed by atoms with Gasteiger partial charge in [-0.05, 0) is 84.0 Å². The van der Waals surface area contributed by atoms with E-state index in [1.165, 1.54) is 14.2 Å². The van der Waals surface area contributed by atoms with Crippen molar-refractivity contribution >= 4 is 39.7 Å². The van der Waals surface area contributed by atoms with Crippen molar-refractivity contribution in [3.63, 3.8) is 0 Å². The number of hydrogen-bond donors (Lipinski definition) is 5. The highest BCUT2D eigenvalue weighted by Crippen LogP contribution is 2.44. The molecule has 3 aliphatic rings. The summed E-state index contributed by atoms with van der Waals surface area (Å²) in [4.78, 5) is 61.2. The minimum atomic E-state index is -1.34. The third kappa shape index (κ3) is 8.42. The van der Waals surface area contributed by atoms with Crippen molar-refractivity contribution in [3.8, 4) is 28.1 Å². The molecular formula is C49H56N8O8. The molecule has 9 rings (SSSR count). The summed E-state index contributed by atoms with van der Waals surface area (Å²) >= 11 is 0. The van der Waals surface area contributed by atoms with Gasteiger partial charge >= 0.3 is 6.09 Å². The smallest absolute Gasteiger partial charge is 0.407 e. The average molecular weight is 885 g/mol. The number of fused-ring (bicyclic) bond motifs is 6. The number of imidazole rings is 2. The Kier molecular flexibility index (Phi) is 12.3. The van der Waals surface area contributed by atoms with Crippen LogP contribution in [0.4, 0.5) is 4.79 Å². The lowest BCUT2D eigenvalue weighted by molar-refractivity contribution is -0.143. The molecule has 7 atom stereocenters. The number of aromatic nitrogens is 4. The van der Waals surface area contributed by atoms with Crippen molar-refractivity contribution in [3.05, 3.63) is 102 Å². The second kappa shape index (κ2) is 18.3. The summed E-state index contributed by atoms with van der Waals surface area (Å²) in [6.07, 6.45) is 2.04. The number of H-pyrrole nitrogens is 2. The van der Waals surface area contributed by atoms with Gasteiger partial charge in [0.05, 0.1) is 48.7 Å². The van der Waals surface area contributed by atoms with Crippen LogP contribution in [0.3, 0.4) is 0 Å². The number of carbonyl (C=O) groups excluding carboxylic acids is 3. The molecule has 3 aliphatic heterocycles. The van der Waals surface area contributed by atoms with Gasteiger partial charge in [-0.25, -0.2) is 14.8 Å². The van der Waals surface area contributed by atoms with Gasteiger partial charge in [-0.1, -0.05) is 62.4 Å². The number of methoxy groups -OCH3 is 3. The molecule has 16 heteroatoms. The van der Waals surface area contributed by atoms with Crippen molar-refractivity contribution in [2.75, 3.05) is 34.5 Å². The first-order valence-electron chi connectivity index (χ1n) is 22.2. The minimum Gasteiger partial charge on any atom is -0.488 e. The Morgan fingerprint density at radius 1 is 0.938 bits per heavy atom. The third-order valence-electron chi connectivity index (χ3n) is 13.2. The number of alkyl carbamates (subject to hydrolysis) is 1. The van der Waals surface area contributed by atoms with E-state index in [0.717, 1.165) is 68.3 Å². The van der Waals surface area contributed by atoms with E-state index in [4.69, 9.17) is 28.9 Å². The normalized spacial score (nSPS) is 20.7. The fraction of sp³-hybridized carbons (Fsp3) is 0.408. The van der Waals surface area contributed by atoms with Crippen LogP contribution in [0.2, 0.25) is 0 Å². The summed E-state index contributed by atoms with van der Waals surface area (Å²) < 4.78 is 21.9. The number of aliphatic hydroxyl groups is 1. The highest BCUT2D eigenvalue weighted by molar-refractivity contribution is 6.07. The van der Waals surface area contributed by atoms with Crippen LogP contribution in [-0.4, -0.2) is 106 Å². The van der Waals surface area contributed by atoms with Crippen LogP contribution < -0.4 is 15.4 Å². The SMILES string of the molecule is COC[C@H]1C[C@@H](c2ncc(-c3ccc4c(c3)COc3cc5c(ccc6[nH]c([C@@H]7CC[C@H](C)N7C(=O)[C@@H](NC(=O)OC)C(C)C)nc65)cc3-4)[nH]2)N(C(=O)[C@H](NC(O)OC)c2ccccc2)C1. The monoisotopic (exact) mass is 884 g/mol. The molecule has 5 heterocycles. The second-order valence-corrected chi connectivity index (χ2v) is 17.7. The number of ether oxygens (including phenoxy) is 4. The highest BCUT2D eigenvalue weighted by atomic mass is 16.6. The van der Waals surface area contributed by atoms with Gasteiger partial charge in [0.2, 0.25) is 18.2 Å². The summed E-state index contributed by atoms with van der Waals surface area (Å²) in [5, 5.41) is 18.0. The van der Waals surface area contributed by atoms with Gasteiger partial charge in [-0.3, -0.25) is 14.9 Å². The van der Waals surface area contributed by atoms with Crippen molar-refractivity contribution in [1.29, 1.82) is 0 Å². The van der Waals surface area contributed by atoms with E-state index in [0.29, 0.717) is 43.4 Å². The minimum absolute atomic E-state index is 0.0318. The van der Waals surface area contributed by atoms with Crippen LogP contribution in [-0.2, 0) is 30.4 Å². The lowest BCUT2D eigenvalue weighted by Gasteiger charge is -2.32. The van der Waals surface area contributed by atoms with Crippen LogP contribution >= 0.6 is 0 Å². The average Bonchev–Trinajstić information content (AvgIpc) is 4.15. The van der Waals surface area contributed by atoms with Crippen molar-refractivity contribution in [2.24, 2.45) is 11.8 Å². The Morgan fingerprint density at radius 2 is 1.75 bits per heavy atom.